The average Bonchev–Trinajstić information content (AvgIpc) is 2.41. The lowest BCUT2D eigenvalue weighted by Crippen LogP contribution is -1.90. The van der Waals surface area contributed by atoms with Crippen LogP contribution in [0.25, 0.3) is 6.08 Å². The molecule has 0 unspecified atom stereocenters. The molecule has 0 spiro atoms. The van der Waals surface area contributed by atoms with Gasteiger partial charge in [0.05, 0.1) is 5.02 Å². The molecule has 0 aromatic heterocycles. The van der Waals surface area contributed by atoms with Gasteiger partial charge in [-0.3, -0.25) is 0 Å². The number of halogens is 2. The fourth-order valence-corrected chi connectivity index (χ4v) is 1.96. The highest BCUT2D eigenvalue weighted by molar-refractivity contribution is 6.32. The van der Waals surface area contributed by atoms with E-state index in [0.717, 1.165) is 6.08 Å². The predicted molar refractivity (Wildman–Crippen MR) is 79.3 cm³/mol. The SMILES string of the molecule is Cc1cc(F)ccc1Oc1ccc(/C=C/C(=O)O)c(Cl)c1. The first-order valence-corrected chi connectivity index (χ1v) is 6.48. The number of carbonyl (C=O) groups is 1. The first-order valence-electron chi connectivity index (χ1n) is 6.10. The Hall–Kier alpha value is -2.33. The van der Waals surface area contributed by atoms with Crippen molar-refractivity contribution in [2.24, 2.45) is 0 Å². The highest BCUT2D eigenvalue weighted by Gasteiger charge is 2.05. The summed E-state index contributed by atoms with van der Waals surface area (Å²) in [5, 5.41) is 8.95. The van der Waals surface area contributed by atoms with Gasteiger partial charge in [-0.05, 0) is 60.5 Å². The molecular weight excluding hydrogens is 295 g/mol. The third kappa shape index (κ3) is 4.07. The van der Waals surface area contributed by atoms with E-state index in [-0.39, 0.29) is 5.82 Å². The molecule has 0 saturated carbocycles. The van der Waals surface area contributed by atoms with Crippen LogP contribution in [0.5, 0.6) is 11.5 Å². The van der Waals surface area contributed by atoms with Gasteiger partial charge in [-0.2, -0.15) is 0 Å². The number of ether oxygens (including phenoxy) is 1. The largest absolute Gasteiger partial charge is 0.478 e. The van der Waals surface area contributed by atoms with E-state index in [1.165, 1.54) is 24.3 Å². The zero-order valence-corrected chi connectivity index (χ0v) is 11.9. The summed E-state index contributed by atoms with van der Waals surface area (Å²) in [6.07, 6.45) is 2.41. The Kier molecular flexibility index (Phi) is 4.60. The average molecular weight is 307 g/mol. The molecule has 108 valence electrons. The van der Waals surface area contributed by atoms with Gasteiger partial charge in [-0.15, -0.1) is 0 Å². The van der Waals surface area contributed by atoms with Crippen LogP contribution < -0.4 is 4.74 Å². The van der Waals surface area contributed by atoms with Crippen molar-refractivity contribution in [2.75, 3.05) is 0 Å². The first-order chi connectivity index (χ1) is 9.95. The second-order valence-electron chi connectivity index (χ2n) is 4.37. The normalized spacial score (nSPS) is 10.8. The standard InChI is InChI=1S/C16H12ClFO3/c1-10-8-12(18)4-6-15(10)21-13-5-2-11(14(17)9-13)3-7-16(19)20/h2-9H,1H3,(H,19,20)/b7-3+. The Balaban J connectivity index is 2.22. The molecule has 2 aromatic rings. The van der Waals surface area contributed by atoms with E-state index in [1.807, 2.05) is 0 Å². The smallest absolute Gasteiger partial charge is 0.328 e. The van der Waals surface area contributed by atoms with E-state index in [9.17, 15) is 9.18 Å². The lowest BCUT2D eigenvalue weighted by atomic mass is 10.2. The minimum Gasteiger partial charge on any atom is -0.478 e. The third-order valence-electron chi connectivity index (χ3n) is 2.74. The Morgan fingerprint density at radius 3 is 2.67 bits per heavy atom. The van der Waals surface area contributed by atoms with Gasteiger partial charge in [0.15, 0.2) is 0 Å². The van der Waals surface area contributed by atoms with Gasteiger partial charge in [0.25, 0.3) is 0 Å². The lowest BCUT2D eigenvalue weighted by Gasteiger charge is -2.09. The summed E-state index contributed by atoms with van der Waals surface area (Å²) in [7, 11) is 0. The van der Waals surface area contributed by atoms with Crippen LogP contribution in [0, 0.1) is 12.7 Å². The summed E-state index contributed by atoms with van der Waals surface area (Å²) < 4.78 is 18.7. The molecule has 21 heavy (non-hydrogen) atoms. The van der Waals surface area contributed by atoms with Gasteiger partial charge in [0.1, 0.15) is 17.3 Å². The summed E-state index contributed by atoms with van der Waals surface area (Å²) in [5.41, 5.74) is 1.24. The number of aryl methyl sites for hydroxylation is 1. The maximum atomic E-state index is 13.0. The van der Waals surface area contributed by atoms with E-state index in [4.69, 9.17) is 21.4 Å². The molecule has 0 radical (unpaired) electrons. The number of hydrogen-bond acceptors (Lipinski definition) is 2. The predicted octanol–water partition coefficient (Wildman–Crippen LogP) is 4.68. The fourth-order valence-electron chi connectivity index (χ4n) is 1.72. The molecule has 0 aliphatic heterocycles. The van der Waals surface area contributed by atoms with Crippen LogP contribution in [0.4, 0.5) is 4.39 Å². The van der Waals surface area contributed by atoms with Crippen LogP contribution in [0.2, 0.25) is 5.02 Å². The molecule has 2 rings (SSSR count). The van der Waals surface area contributed by atoms with Gasteiger partial charge in [-0.25, -0.2) is 9.18 Å². The van der Waals surface area contributed by atoms with Gasteiger partial charge < -0.3 is 9.84 Å². The van der Waals surface area contributed by atoms with E-state index in [1.54, 1.807) is 25.1 Å². The molecule has 0 heterocycles. The van der Waals surface area contributed by atoms with Gasteiger partial charge in [0.2, 0.25) is 0 Å². The monoisotopic (exact) mass is 306 g/mol. The molecular formula is C16H12ClFO3. The molecule has 0 amide bonds. The lowest BCUT2D eigenvalue weighted by molar-refractivity contribution is -0.131. The van der Waals surface area contributed by atoms with Crippen molar-refractivity contribution >= 4 is 23.6 Å². The highest BCUT2D eigenvalue weighted by atomic mass is 35.5. The van der Waals surface area contributed by atoms with E-state index in [2.05, 4.69) is 0 Å². The minimum absolute atomic E-state index is 0.327. The second-order valence-corrected chi connectivity index (χ2v) is 4.77. The quantitative estimate of drug-likeness (QED) is 0.834. The summed E-state index contributed by atoms with van der Waals surface area (Å²) in [4.78, 5) is 10.5. The number of hydrogen-bond donors (Lipinski definition) is 1. The van der Waals surface area contributed by atoms with Gasteiger partial charge >= 0.3 is 5.97 Å². The van der Waals surface area contributed by atoms with Crippen molar-refractivity contribution in [3.63, 3.8) is 0 Å². The summed E-state index contributed by atoms with van der Waals surface area (Å²) >= 11 is 6.06. The molecule has 5 heteroatoms. The van der Waals surface area contributed by atoms with Crippen molar-refractivity contribution in [3.8, 4) is 11.5 Å². The Morgan fingerprint density at radius 2 is 2.05 bits per heavy atom. The Bertz CT molecular complexity index is 711. The Morgan fingerprint density at radius 1 is 1.29 bits per heavy atom. The molecule has 0 fully saturated rings. The van der Waals surface area contributed by atoms with Gasteiger partial charge in [0, 0.05) is 6.08 Å². The summed E-state index contributed by atoms with van der Waals surface area (Å²) in [6.45, 7) is 1.74. The van der Waals surface area contributed by atoms with Crippen LogP contribution in [-0.2, 0) is 4.79 Å². The minimum atomic E-state index is -1.05. The van der Waals surface area contributed by atoms with Crippen molar-refractivity contribution in [1.82, 2.24) is 0 Å². The van der Waals surface area contributed by atoms with E-state index in [0.29, 0.717) is 27.6 Å². The molecule has 1 N–H and O–H groups in total. The summed E-state index contributed by atoms with van der Waals surface area (Å²) in [6, 6.07) is 9.11. The molecule has 0 aliphatic carbocycles. The molecule has 0 atom stereocenters. The molecule has 0 aliphatic rings. The van der Waals surface area contributed by atoms with Crippen molar-refractivity contribution < 1.29 is 19.0 Å². The molecule has 2 aromatic carbocycles. The second kappa shape index (κ2) is 6.41. The number of benzene rings is 2. The Labute approximate surface area is 126 Å². The zero-order chi connectivity index (χ0) is 15.4. The molecule has 0 saturated heterocycles. The number of rotatable bonds is 4. The number of carboxylic acids is 1. The fraction of sp³-hybridized carbons (Fsp3) is 0.0625. The van der Waals surface area contributed by atoms with Crippen LogP contribution in [-0.4, -0.2) is 11.1 Å². The maximum absolute atomic E-state index is 13.0. The van der Waals surface area contributed by atoms with Crippen molar-refractivity contribution in [1.29, 1.82) is 0 Å². The number of carboxylic acid groups (broad SMARTS) is 1. The van der Waals surface area contributed by atoms with Crippen molar-refractivity contribution in [2.45, 2.75) is 6.92 Å². The summed E-state index contributed by atoms with van der Waals surface area (Å²) in [5.74, 6) is -0.358. The van der Waals surface area contributed by atoms with E-state index >= 15 is 0 Å². The van der Waals surface area contributed by atoms with Crippen LogP contribution in [0.1, 0.15) is 11.1 Å². The van der Waals surface area contributed by atoms with Gasteiger partial charge in [-0.1, -0.05) is 11.6 Å². The zero-order valence-electron chi connectivity index (χ0n) is 11.1. The van der Waals surface area contributed by atoms with Crippen LogP contribution in [0.3, 0.4) is 0 Å². The van der Waals surface area contributed by atoms with Crippen molar-refractivity contribution in [3.05, 3.63) is 64.4 Å². The first kappa shape index (κ1) is 15.1. The van der Waals surface area contributed by atoms with Crippen LogP contribution in [0.15, 0.2) is 42.5 Å². The highest BCUT2D eigenvalue weighted by Crippen LogP contribution is 2.29. The molecule has 0 bridgehead atoms. The number of aliphatic carboxylic acids is 1. The van der Waals surface area contributed by atoms with E-state index < -0.39 is 5.97 Å². The van der Waals surface area contributed by atoms with Crippen LogP contribution >= 0.6 is 11.6 Å². The maximum Gasteiger partial charge on any atom is 0.328 e. The molecule has 3 nitrogen and oxygen atoms in total. The topological polar surface area (TPSA) is 46.5 Å². The third-order valence-corrected chi connectivity index (χ3v) is 3.07.